The summed E-state index contributed by atoms with van der Waals surface area (Å²) in [5, 5.41) is 13.8. The summed E-state index contributed by atoms with van der Waals surface area (Å²) < 4.78 is 0. The second-order valence-electron chi connectivity index (χ2n) is 3.55. The highest BCUT2D eigenvalue weighted by atomic mass is 35.5. The van der Waals surface area contributed by atoms with Crippen molar-refractivity contribution in [3.8, 4) is 0 Å². The highest BCUT2D eigenvalue weighted by molar-refractivity contribution is 6.39. The molecule has 2 aromatic carbocycles. The van der Waals surface area contributed by atoms with Gasteiger partial charge in [0.25, 0.3) is 0 Å². The van der Waals surface area contributed by atoms with E-state index in [0.717, 1.165) is 5.56 Å². The van der Waals surface area contributed by atoms with Crippen molar-refractivity contribution in [3.63, 3.8) is 0 Å². The van der Waals surface area contributed by atoms with Crippen LogP contribution in [0.3, 0.4) is 0 Å². The molecule has 0 amide bonds. The summed E-state index contributed by atoms with van der Waals surface area (Å²) in [5.41, 5.74) is 1.29. The van der Waals surface area contributed by atoms with Gasteiger partial charge in [0.1, 0.15) is 0 Å². The first-order valence-corrected chi connectivity index (χ1v) is 5.87. The minimum atomic E-state index is -0.839. The van der Waals surface area contributed by atoms with E-state index in [-0.39, 0.29) is 0 Å². The molecule has 17 heavy (non-hydrogen) atoms. The van der Waals surface area contributed by atoms with E-state index in [1.165, 1.54) is 0 Å². The van der Waals surface area contributed by atoms with Crippen molar-refractivity contribution in [3.05, 3.63) is 64.1 Å². The Labute approximate surface area is 110 Å². The molecule has 1 atom stereocenters. The van der Waals surface area contributed by atoms with Gasteiger partial charge in [0.15, 0.2) is 6.23 Å². The van der Waals surface area contributed by atoms with Crippen molar-refractivity contribution >= 4 is 28.9 Å². The third-order valence-electron chi connectivity index (χ3n) is 2.36. The lowest BCUT2D eigenvalue weighted by Gasteiger charge is -2.16. The van der Waals surface area contributed by atoms with Gasteiger partial charge in [0, 0.05) is 5.56 Å². The number of benzene rings is 2. The largest absolute Gasteiger partial charge is 0.369 e. The van der Waals surface area contributed by atoms with Gasteiger partial charge in [-0.3, -0.25) is 0 Å². The lowest BCUT2D eigenvalue weighted by molar-refractivity contribution is 0.208. The van der Waals surface area contributed by atoms with Gasteiger partial charge in [-0.1, -0.05) is 59.6 Å². The highest BCUT2D eigenvalue weighted by Crippen LogP contribution is 2.32. The number of aliphatic hydroxyl groups is 1. The van der Waals surface area contributed by atoms with E-state index in [1.807, 2.05) is 30.3 Å². The van der Waals surface area contributed by atoms with E-state index < -0.39 is 6.23 Å². The molecule has 0 saturated carbocycles. The molecule has 0 aliphatic rings. The Kier molecular flexibility index (Phi) is 3.89. The summed E-state index contributed by atoms with van der Waals surface area (Å²) >= 11 is 12.0. The molecule has 0 fully saturated rings. The maximum Gasteiger partial charge on any atom is 0.150 e. The van der Waals surface area contributed by atoms with Crippen molar-refractivity contribution in [2.24, 2.45) is 0 Å². The maximum absolute atomic E-state index is 9.99. The standard InChI is InChI=1S/C13H11Cl2NO/c14-10-7-4-8-11(15)12(10)16-13(17)9-5-2-1-3-6-9/h1-8,13,16-17H. The fraction of sp³-hybridized carbons (Fsp3) is 0.0769. The van der Waals surface area contributed by atoms with E-state index in [4.69, 9.17) is 23.2 Å². The topological polar surface area (TPSA) is 32.3 Å². The molecule has 2 rings (SSSR count). The minimum absolute atomic E-state index is 0.479. The van der Waals surface area contributed by atoms with Gasteiger partial charge in [-0.15, -0.1) is 0 Å². The average Bonchev–Trinajstić information content (AvgIpc) is 2.35. The molecule has 88 valence electrons. The molecule has 0 spiro atoms. The van der Waals surface area contributed by atoms with Crippen LogP contribution in [0.25, 0.3) is 0 Å². The average molecular weight is 268 g/mol. The number of rotatable bonds is 3. The number of hydrogen-bond acceptors (Lipinski definition) is 2. The Morgan fingerprint density at radius 2 is 1.47 bits per heavy atom. The second-order valence-corrected chi connectivity index (χ2v) is 4.37. The van der Waals surface area contributed by atoms with Gasteiger partial charge in [0.05, 0.1) is 15.7 Å². The molecule has 0 aromatic heterocycles. The van der Waals surface area contributed by atoms with Crippen LogP contribution in [0, 0.1) is 0 Å². The van der Waals surface area contributed by atoms with Crippen molar-refractivity contribution in [1.29, 1.82) is 0 Å². The van der Waals surface area contributed by atoms with Crippen LogP contribution >= 0.6 is 23.2 Å². The SMILES string of the molecule is OC(Nc1c(Cl)cccc1Cl)c1ccccc1. The van der Waals surface area contributed by atoms with Crippen LogP contribution in [0.15, 0.2) is 48.5 Å². The van der Waals surface area contributed by atoms with E-state index in [9.17, 15) is 5.11 Å². The first-order chi connectivity index (χ1) is 8.18. The third kappa shape index (κ3) is 2.91. The third-order valence-corrected chi connectivity index (χ3v) is 2.99. The Morgan fingerprint density at radius 1 is 0.882 bits per heavy atom. The zero-order chi connectivity index (χ0) is 12.3. The summed E-state index contributed by atoms with van der Waals surface area (Å²) in [6, 6.07) is 14.4. The predicted octanol–water partition coefficient (Wildman–Crippen LogP) is 4.10. The number of aliphatic hydroxyl groups excluding tert-OH is 1. The molecule has 0 aliphatic carbocycles. The summed E-state index contributed by atoms with van der Waals surface area (Å²) in [4.78, 5) is 0. The summed E-state index contributed by atoms with van der Waals surface area (Å²) in [5.74, 6) is 0. The first kappa shape index (κ1) is 12.2. The molecule has 0 aliphatic heterocycles. The van der Waals surface area contributed by atoms with Gasteiger partial charge in [0.2, 0.25) is 0 Å². The molecular weight excluding hydrogens is 257 g/mol. The van der Waals surface area contributed by atoms with Gasteiger partial charge in [-0.2, -0.15) is 0 Å². The van der Waals surface area contributed by atoms with Crippen LogP contribution in [0.1, 0.15) is 11.8 Å². The number of anilines is 1. The minimum Gasteiger partial charge on any atom is -0.369 e. The Morgan fingerprint density at radius 3 is 2.06 bits per heavy atom. The number of hydrogen-bond donors (Lipinski definition) is 2. The highest BCUT2D eigenvalue weighted by Gasteiger charge is 2.11. The summed E-state index contributed by atoms with van der Waals surface area (Å²) in [6.45, 7) is 0. The molecule has 4 heteroatoms. The van der Waals surface area contributed by atoms with Crippen molar-refractivity contribution < 1.29 is 5.11 Å². The van der Waals surface area contributed by atoms with Crippen LogP contribution in [0.4, 0.5) is 5.69 Å². The normalized spacial score (nSPS) is 12.2. The summed E-state index contributed by atoms with van der Waals surface area (Å²) in [7, 11) is 0. The lowest BCUT2D eigenvalue weighted by Crippen LogP contribution is -2.10. The molecule has 0 bridgehead atoms. The molecular formula is C13H11Cl2NO. The van der Waals surface area contributed by atoms with E-state index in [0.29, 0.717) is 15.7 Å². The van der Waals surface area contributed by atoms with Crippen molar-refractivity contribution in [2.75, 3.05) is 5.32 Å². The van der Waals surface area contributed by atoms with Gasteiger partial charge >= 0.3 is 0 Å². The Balaban J connectivity index is 2.22. The van der Waals surface area contributed by atoms with Crippen LogP contribution in [0.2, 0.25) is 10.0 Å². The zero-order valence-corrected chi connectivity index (χ0v) is 10.4. The zero-order valence-electron chi connectivity index (χ0n) is 8.90. The van der Waals surface area contributed by atoms with Crippen LogP contribution in [-0.2, 0) is 0 Å². The smallest absolute Gasteiger partial charge is 0.150 e. The van der Waals surface area contributed by atoms with Crippen molar-refractivity contribution in [1.82, 2.24) is 0 Å². The molecule has 1 unspecified atom stereocenters. The van der Waals surface area contributed by atoms with Gasteiger partial charge in [-0.25, -0.2) is 0 Å². The number of para-hydroxylation sites is 1. The first-order valence-electron chi connectivity index (χ1n) is 5.12. The fourth-order valence-corrected chi connectivity index (χ4v) is 2.00. The van der Waals surface area contributed by atoms with Crippen LogP contribution in [0.5, 0.6) is 0 Å². The Bertz CT molecular complexity index is 482. The number of halogens is 2. The van der Waals surface area contributed by atoms with Gasteiger partial charge < -0.3 is 10.4 Å². The molecule has 0 saturated heterocycles. The molecule has 2 N–H and O–H groups in total. The summed E-state index contributed by atoms with van der Waals surface area (Å²) in [6.07, 6.45) is -0.839. The number of nitrogens with one attached hydrogen (secondary N) is 1. The van der Waals surface area contributed by atoms with E-state index in [2.05, 4.69) is 5.32 Å². The van der Waals surface area contributed by atoms with Crippen LogP contribution in [-0.4, -0.2) is 5.11 Å². The molecule has 2 aromatic rings. The van der Waals surface area contributed by atoms with Crippen molar-refractivity contribution in [2.45, 2.75) is 6.23 Å². The maximum atomic E-state index is 9.99. The van der Waals surface area contributed by atoms with E-state index >= 15 is 0 Å². The quantitative estimate of drug-likeness (QED) is 0.821. The molecule has 0 heterocycles. The fourth-order valence-electron chi connectivity index (χ4n) is 1.49. The molecule has 0 radical (unpaired) electrons. The van der Waals surface area contributed by atoms with Gasteiger partial charge in [-0.05, 0) is 12.1 Å². The van der Waals surface area contributed by atoms with E-state index in [1.54, 1.807) is 18.2 Å². The second kappa shape index (κ2) is 5.41. The van der Waals surface area contributed by atoms with Crippen LogP contribution < -0.4 is 5.32 Å². The Hall–Kier alpha value is -1.22. The monoisotopic (exact) mass is 267 g/mol. The predicted molar refractivity (Wildman–Crippen MR) is 71.5 cm³/mol. The lowest BCUT2D eigenvalue weighted by atomic mass is 10.2. The molecule has 2 nitrogen and oxygen atoms in total.